The summed E-state index contributed by atoms with van der Waals surface area (Å²) in [5.41, 5.74) is 1.49. The van der Waals surface area contributed by atoms with E-state index in [0.717, 1.165) is 5.92 Å². The van der Waals surface area contributed by atoms with E-state index in [4.69, 9.17) is 0 Å². The molecule has 0 bridgehead atoms. The highest BCUT2D eigenvalue weighted by Gasteiger charge is 2.12. The lowest BCUT2D eigenvalue weighted by atomic mass is 9.91. The predicted octanol–water partition coefficient (Wildman–Crippen LogP) is 4.28. The van der Waals surface area contributed by atoms with Gasteiger partial charge in [-0.05, 0) is 43.8 Å². The Morgan fingerprint density at radius 2 is 1.47 bits per heavy atom. The predicted molar refractivity (Wildman–Crippen MR) is 78.4 cm³/mol. The van der Waals surface area contributed by atoms with Gasteiger partial charge in [-0.15, -0.1) is 0 Å². The van der Waals surface area contributed by atoms with Crippen LogP contribution in [0.5, 0.6) is 0 Å². The molecule has 0 radical (unpaired) electrons. The van der Waals surface area contributed by atoms with Gasteiger partial charge in [-0.3, -0.25) is 0 Å². The van der Waals surface area contributed by atoms with Crippen LogP contribution in [0.25, 0.3) is 0 Å². The van der Waals surface area contributed by atoms with Gasteiger partial charge in [-0.25, -0.2) is 0 Å². The van der Waals surface area contributed by atoms with E-state index in [9.17, 15) is 0 Å². The van der Waals surface area contributed by atoms with Crippen molar-refractivity contribution in [2.45, 2.75) is 47.0 Å². The number of piperidine rings is 1. The molecule has 0 spiro atoms. The van der Waals surface area contributed by atoms with E-state index in [1.165, 1.54) is 37.9 Å². The van der Waals surface area contributed by atoms with Gasteiger partial charge in [0.2, 0.25) is 0 Å². The fourth-order valence-electron chi connectivity index (χ4n) is 2.03. The summed E-state index contributed by atoms with van der Waals surface area (Å²) in [6.07, 6.45) is 3.95. The fourth-order valence-corrected chi connectivity index (χ4v) is 2.03. The Bertz CT molecular complexity index is 237. The van der Waals surface area contributed by atoms with Crippen molar-refractivity contribution in [2.75, 3.05) is 13.1 Å². The van der Waals surface area contributed by atoms with Crippen LogP contribution < -0.4 is 5.32 Å². The average molecular weight is 235 g/mol. The van der Waals surface area contributed by atoms with E-state index in [2.05, 4.69) is 35.6 Å². The van der Waals surface area contributed by atoms with Crippen molar-refractivity contribution in [3.8, 4) is 0 Å². The van der Waals surface area contributed by atoms with Crippen LogP contribution in [0.3, 0.4) is 0 Å². The Morgan fingerprint density at radius 1 is 0.941 bits per heavy atom. The molecular formula is C16H29N. The van der Waals surface area contributed by atoms with Crippen molar-refractivity contribution in [2.24, 2.45) is 5.92 Å². The minimum atomic E-state index is 0.906. The van der Waals surface area contributed by atoms with Crippen molar-refractivity contribution >= 4 is 0 Å². The van der Waals surface area contributed by atoms with Gasteiger partial charge in [0.25, 0.3) is 0 Å². The maximum atomic E-state index is 3.40. The number of rotatable bonds is 2. The molecule has 1 heterocycles. The third-order valence-corrected chi connectivity index (χ3v) is 2.83. The van der Waals surface area contributed by atoms with Gasteiger partial charge >= 0.3 is 0 Å². The van der Waals surface area contributed by atoms with Crippen LogP contribution in [-0.2, 0) is 6.42 Å². The number of nitrogens with one attached hydrogen (secondary N) is 1. The van der Waals surface area contributed by atoms with Crippen LogP contribution in [0.1, 0.15) is 46.1 Å². The van der Waals surface area contributed by atoms with Crippen LogP contribution in [-0.4, -0.2) is 13.1 Å². The Balaban J connectivity index is 0.000000581. The smallest absolute Gasteiger partial charge is 0.00462 e. The molecule has 0 aromatic heterocycles. The maximum Gasteiger partial charge on any atom is -0.00462 e. The molecule has 17 heavy (non-hydrogen) atoms. The quantitative estimate of drug-likeness (QED) is 0.806. The molecule has 0 unspecified atom stereocenters. The highest BCUT2D eigenvalue weighted by molar-refractivity contribution is 5.15. The average Bonchev–Trinajstić information content (AvgIpc) is 2.45. The number of benzene rings is 1. The standard InChI is InChI=1S/C12H17N.2C2H6/c1-2-4-11(5-3-1)10-12-6-8-13-9-7-12;2*1-2/h1-5,12-13H,6-10H2;2*1-2H3. The van der Waals surface area contributed by atoms with Crippen molar-refractivity contribution in [1.29, 1.82) is 0 Å². The normalized spacial score (nSPS) is 15.1. The molecule has 1 aromatic carbocycles. The van der Waals surface area contributed by atoms with E-state index in [1.54, 1.807) is 0 Å². The Morgan fingerprint density at radius 3 is 2.00 bits per heavy atom. The molecule has 1 heteroatoms. The van der Waals surface area contributed by atoms with E-state index < -0.39 is 0 Å². The second-order valence-corrected chi connectivity index (χ2v) is 3.88. The van der Waals surface area contributed by atoms with Crippen LogP contribution in [0, 0.1) is 5.92 Å². The summed E-state index contributed by atoms with van der Waals surface area (Å²) in [5, 5.41) is 3.40. The molecule has 1 aromatic rings. The van der Waals surface area contributed by atoms with Gasteiger partial charge in [0.15, 0.2) is 0 Å². The Labute approximate surface area is 108 Å². The molecular weight excluding hydrogens is 206 g/mol. The molecule has 0 saturated carbocycles. The highest BCUT2D eigenvalue weighted by atomic mass is 14.9. The minimum Gasteiger partial charge on any atom is -0.317 e. The summed E-state index contributed by atoms with van der Waals surface area (Å²) in [4.78, 5) is 0. The zero-order valence-electron chi connectivity index (χ0n) is 12.0. The minimum absolute atomic E-state index is 0.906. The summed E-state index contributed by atoms with van der Waals surface area (Å²) < 4.78 is 0. The van der Waals surface area contributed by atoms with Gasteiger partial charge in [-0.2, -0.15) is 0 Å². The van der Waals surface area contributed by atoms with Gasteiger partial charge in [-0.1, -0.05) is 58.0 Å². The van der Waals surface area contributed by atoms with Gasteiger partial charge in [0.05, 0.1) is 0 Å². The van der Waals surface area contributed by atoms with E-state index >= 15 is 0 Å². The van der Waals surface area contributed by atoms with Crippen LogP contribution in [0.15, 0.2) is 30.3 Å². The SMILES string of the molecule is CC.CC.c1ccc(CC2CCNCC2)cc1. The lowest BCUT2D eigenvalue weighted by molar-refractivity contribution is 0.372. The molecule has 1 saturated heterocycles. The first-order valence-electron chi connectivity index (χ1n) is 7.20. The molecule has 0 atom stereocenters. The maximum absolute atomic E-state index is 3.40. The van der Waals surface area contributed by atoms with Crippen LogP contribution >= 0.6 is 0 Å². The molecule has 1 fully saturated rings. The third-order valence-electron chi connectivity index (χ3n) is 2.83. The van der Waals surface area contributed by atoms with Gasteiger partial charge in [0.1, 0.15) is 0 Å². The van der Waals surface area contributed by atoms with Gasteiger partial charge in [0, 0.05) is 0 Å². The molecule has 2 rings (SSSR count). The van der Waals surface area contributed by atoms with Crippen molar-refractivity contribution < 1.29 is 0 Å². The summed E-state index contributed by atoms with van der Waals surface area (Å²) in [5.74, 6) is 0.906. The van der Waals surface area contributed by atoms with E-state index in [-0.39, 0.29) is 0 Å². The van der Waals surface area contributed by atoms with Gasteiger partial charge < -0.3 is 5.32 Å². The first-order valence-corrected chi connectivity index (χ1v) is 7.20. The third kappa shape index (κ3) is 7.17. The van der Waals surface area contributed by atoms with Crippen LogP contribution in [0.2, 0.25) is 0 Å². The molecule has 1 nitrogen and oxygen atoms in total. The largest absolute Gasteiger partial charge is 0.317 e. The number of hydrogen-bond donors (Lipinski definition) is 1. The van der Waals surface area contributed by atoms with E-state index in [0.29, 0.717) is 0 Å². The lowest BCUT2D eigenvalue weighted by Crippen LogP contribution is -2.28. The number of hydrogen-bond acceptors (Lipinski definition) is 1. The first kappa shape index (κ1) is 16.2. The summed E-state index contributed by atoms with van der Waals surface area (Å²) in [6, 6.07) is 10.8. The second-order valence-electron chi connectivity index (χ2n) is 3.88. The topological polar surface area (TPSA) is 12.0 Å². The molecule has 1 N–H and O–H groups in total. The zero-order valence-corrected chi connectivity index (χ0v) is 12.0. The second kappa shape index (κ2) is 11.7. The first-order chi connectivity index (χ1) is 8.45. The fraction of sp³-hybridized carbons (Fsp3) is 0.625. The summed E-state index contributed by atoms with van der Waals surface area (Å²) in [6.45, 7) is 10.4. The zero-order chi connectivity index (χ0) is 12.9. The van der Waals surface area contributed by atoms with E-state index in [1.807, 2.05) is 27.7 Å². The van der Waals surface area contributed by atoms with Crippen molar-refractivity contribution in [3.05, 3.63) is 35.9 Å². The Hall–Kier alpha value is -0.820. The Kier molecular flexibility index (Phi) is 11.1. The molecule has 0 amide bonds. The summed E-state index contributed by atoms with van der Waals surface area (Å²) in [7, 11) is 0. The lowest BCUT2D eigenvalue weighted by Gasteiger charge is -2.22. The summed E-state index contributed by atoms with van der Waals surface area (Å²) >= 11 is 0. The van der Waals surface area contributed by atoms with Crippen molar-refractivity contribution in [3.63, 3.8) is 0 Å². The molecule has 1 aliphatic rings. The van der Waals surface area contributed by atoms with Crippen molar-refractivity contribution in [1.82, 2.24) is 5.32 Å². The molecule has 98 valence electrons. The highest BCUT2D eigenvalue weighted by Crippen LogP contribution is 2.17. The molecule has 0 aliphatic carbocycles. The van der Waals surface area contributed by atoms with Crippen LogP contribution in [0.4, 0.5) is 0 Å². The molecule has 1 aliphatic heterocycles. The monoisotopic (exact) mass is 235 g/mol.